The van der Waals surface area contributed by atoms with Gasteiger partial charge in [-0.2, -0.15) is 4.31 Å². The molecule has 0 aromatic carbocycles. The number of sulfonamides is 1. The van der Waals surface area contributed by atoms with Crippen molar-refractivity contribution in [2.24, 2.45) is 11.7 Å². The monoisotopic (exact) mass is 320 g/mol. The first-order chi connectivity index (χ1) is 9.04. The van der Waals surface area contributed by atoms with E-state index in [9.17, 15) is 8.42 Å². The third kappa shape index (κ3) is 2.36. The molecular formula is C12H21ClN4O2S. The van der Waals surface area contributed by atoms with Crippen LogP contribution >= 0.6 is 12.4 Å². The summed E-state index contributed by atoms with van der Waals surface area (Å²) in [6.45, 7) is 3.78. The van der Waals surface area contributed by atoms with Gasteiger partial charge in [0.25, 0.3) is 10.0 Å². The Labute approximate surface area is 125 Å². The average molecular weight is 321 g/mol. The van der Waals surface area contributed by atoms with Crippen LogP contribution in [0.1, 0.15) is 25.6 Å². The number of hydrogen-bond acceptors (Lipinski definition) is 4. The van der Waals surface area contributed by atoms with E-state index in [0.717, 1.165) is 31.6 Å². The van der Waals surface area contributed by atoms with E-state index in [0.29, 0.717) is 18.1 Å². The van der Waals surface area contributed by atoms with Gasteiger partial charge >= 0.3 is 0 Å². The number of hydrogen-bond donors (Lipinski definition) is 1. The Hall–Kier alpha value is -0.630. The molecule has 0 aliphatic carbocycles. The Bertz CT molecular complexity index is 586. The molecule has 1 saturated heterocycles. The summed E-state index contributed by atoms with van der Waals surface area (Å²) in [6, 6.07) is 0.0195. The van der Waals surface area contributed by atoms with Crippen LogP contribution in [0, 0.1) is 5.92 Å². The van der Waals surface area contributed by atoms with Crippen LogP contribution in [0.25, 0.3) is 0 Å². The van der Waals surface area contributed by atoms with Gasteiger partial charge < -0.3 is 10.3 Å². The van der Waals surface area contributed by atoms with Crippen molar-refractivity contribution >= 4 is 22.4 Å². The first-order valence-electron chi connectivity index (χ1n) is 6.80. The molecule has 2 aliphatic rings. The highest BCUT2D eigenvalue weighted by molar-refractivity contribution is 7.89. The summed E-state index contributed by atoms with van der Waals surface area (Å²) in [5.41, 5.74) is 5.67. The maximum atomic E-state index is 12.8. The number of aryl methyl sites for hydroxylation is 1. The van der Waals surface area contributed by atoms with Crippen LogP contribution in [0.5, 0.6) is 0 Å². The molecule has 0 spiro atoms. The molecule has 3 heterocycles. The number of nitrogens with zero attached hydrogens (tertiary/aromatic N) is 3. The van der Waals surface area contributed by atoms with E-state index in [1.807, 2.05) is 11.5 Å². The smallest absolute Gasteiger partial charge is 0.260 e. The zero-order valence-corrected chi connectivity index (χ0v) is 13.2. The van der Waals surface area contributed by atoms with Gasteiger partial charge in [0, 0.05) is 25.6 Å². The molecule has 0 saturated carbocycles. The van der Waals surface area contributed by atoms with Gasteiger partial charge in [-0.3, -0.25) is 0 Å². The molecule has 6 nitrogen and oxygen atoms in total. The third-order valence-electron chi connectivity index (χ3n) is 4.19. The minimum Gasteiger partial charge on any atom is -0.330 e. The molecule has 1 fully saturated rings. The highest BCUT2D eigenvalue weighted by atomic mass is 35.5. The zero-order chi connectivity index (χ0) is 13.6. The molecule has 8 heteroatoms. The van der Waals surface area contributed by atoms with Crippen molar-refractivity contribution in [1.82, 2.24) is 13.9 Å². The van der Waals surface area contributed by atoms with Crippen LogP contribution in [0.2, 0.25) is 0 Å². The summed E-state index contributed by atoms with van der Waals surface area (Å²) in [7, 11) is -3.43. The van der Waals surface area contributed by atoms with Gasteiger partial charge in [-0.1, -0.05) is 0 Å². The molecule has 3 rings (SSSR count). The molecule has 0 radical (unpaired) electrons. The Kier molecular flexibility index (Phi) is 4.44. The van der Waals surface area contributed by atoms with Crippen molar-refractivity contribution in [3.63, 3.8) is 0 Å². The molecule has 2 N–H and O–H groups in total. The van der Waals surface area contributed by atoms with Crippen molar-refractivity contribution in [3.8, 4) is 0 Å². The largest absolute Gasteiger partial charge is 0.330 e. The second kappa shape index (κ2) is 5.63. The second-order valence-corrected chi connectivity index (χ2v) is 7.37. The fourth-order valence-electron chi connectivity index (χ4n) is 3.17. The van der Waals surface area contributed by atoms with E-state index < -0.39 is 10.0 Å². The van der Waals surface area contributed by atoms with Crippen LogP contribution in [0.3, 0.4) is 0 Å². The lowest BCUT2D eigenvalue weighted by atomic mass is 10.1. The molecular weight excluding hydrogens is 300 g/mol. The van der Waals surface area contributed by atoms with Gasteiger partial charge in [0.2, 0.25) is 0 Å². The van der Waals surface area contributed by atoms with E-state index in [2.05, 4.69) is 4.98 Å². The van der Waals surface area contributed by atoms with E-state index in [1.54, 1.807) is 4.31 Å². The molecule has 0 bridgehead atoms. The molecule has 1 aromatic heterocycles. The molecule has 0 amide bonds. The van der Waals surface area contributed by atoms with E-state index in [1.165, 1.54) is 6.20 Å². The van der Waals surface area contributed by atoms with E-state index in [-0.39, 0.29) is 24.4 Å². The lowest BCUT2D eigenvalue weighted by molar-refractivity contribution is 0.399. The van der Waals surface area contributed by atoms with Gasteiger partial charge in [-0.15, -0.1) is 12.4 Å². The molecule has 2 aliphatic heterocycles. The quantitative estimate of drug-likeness (QED) is 0.884. The minimum absolute atomic E-state index is 0. The molecule has 1 aromatic rings. The number of rotatable bonds is 3. The summed E-state index contributed by atoms with van der Waals surface area (Å²) < 4.78 is 28.9. The van der Waals surface area contributed by atoms with Crippen molar-refractivity contribution in [3.05, 3.63) is 12.0 Å². The van der Waals surface area contributed by atoms with Crippen LogP contribution < -0.4 is 5.73 Å². The van der Waals surface area contributed by atoms with Crippen molar-refractivity contribution < 1.29 is 8.42 Å². The van der Waals surface area contributed by atoms with Gasteiger partial charge in [0.1, 0.15) is 5.82 Å². The van der Waals surface area contributed by atoms with Crippen molar-refractivity contribution in [2.75, 3.05) is 13.1 Å². The maximum Gasteiger partial charge on any atom is 0.260 e. The predicted molar refractivity (Wildman–Crippen MR) is 78.3 cm³/mol. The van der Waals surface area contributed by atoms with Crippen LogP contribution in [0.4, 0.5) is 0 Å². The minimum atomic E-state index is -3.43. The molecule has 20 heavy (non-hydrogen) atoms. The Balaban J connectivity index is 0.00000147. The number of aromatic nitrogens is 2. The van der Waals surface area contributed by atoms with Crippen LogP contribution in [-0.2, 0) is 23.0 Å². The standard InChI is InChI=1S/C12H20N4O2S.ClH/c1-9-5-10(6-13)8-16(9)19(17,18)12-7-14-11-3-2-4-15(11)12;/h7,9-10H,2-6,8,13H2,1H3;1H. The lowest BCUT2D eigenvalue weighted by Crippen LogP contribution is -2.35. The molecule has 2 unspecified atom stereocenters. The van der Waals surface area contributed by atoms with Gasteiger partial charge in [0.05, 0.1) is 6.20 Å². The average Bonchev–Trinajstić information content (AvgIpc) is 3.01. The number of fused-ring (bicyclic) bond motifs is 1. The molecule has 2 atom stereocenters. The van der Waals surface area contributed by atoms with Crippen LogP contribution in [-0.4, -0.2) is 41.4 Å². The maximum absolute atomic E-state index is 12.8. The summed E-state index contributed by atoms with van der Waals surface area (Å²) in [5, 5.41) is 0.351. The second-order valence-electron chi connectivity index (χ2n) is 5.53. The number of imidazole rings is 1. The normalized spacial score (nSPS) is 26.5. The lowest BCUT2D eigenvalue weighted by Gasteiger charge is -2.21. The predicted octanol–water partition coefficient (Wildman–Crippen LogP) is 0.609. The van der Waals surface area contributed by atoms with Gasteiger partial charge in [-0.05, 0) is 32.2 Å². The third-order valence-corrected chi connectivity index (χ3v) is 6.18. The van der Waals surface area contributed by atoms with Crippen molar-refractivity contribution in [2.45, 2.75) is 43.8 Å². The first kappa shape index (κ1) is 15.8. The number of halogens is 1. The summed E-state index contributed by atoms with van der Waals surface area (Å²) >= 11 is 0. The summed E-state index contributed by atoms with van der Waals surface area (Å²) in [5.74, 6) is 1.16. The Morgan fingerprint density at radius 1 is 1.50 bits per heavy atom. The highest BCUT2D eigenvalue weighted by Crippen LogP contribution is 2.30. The fourth-order valence-corrected chi connectivity index (χ4v) is 5.04. The molecule has 114 valence electrons. The Morgan fingerprint density at radius 3 is 2.90 bits per heavy atom. The first-order valence-corrected chi connectivity index (χ1v) is 8.24. The van der Waals surface area contributed by atoms with Gasteiger partial charge in [0.15, 0.2) is 5.03 Å². The Morgan fingerprint density at radius 2 is 2.25 bits per heavy atom. The fraction of sp³-hybridized carbons (Fsp3) is 0.750. The number of nitrogens with two attached hydrogens (primary N) is 1. The van der Waals surface area contributed by atoms with E-state index >= 15 is 0 Å². The summed E-state index contributed by atoms with van der Waals surface area (Å²) in [6.07, 6.45) is 4.20. The zero-order valence-electron chi connectivity index (χ0n) is 11.5. The topological polar surface area (TPSA) is 81.2 Å². The summed E-state index contributed by atoms with van der Waals surface area (Å²) in [4.78, 5) is 4.23. The van der Waals surface area contributed by atoms with Crippen LogP contribution in [0.15, 0.2) is 11.2 Å². The van der Waals surface area contributed by atoms with Gasteiger partial charge in [-0.25, -0.2) is 13.4 Å². The van der Waals surface area contributed by atoms with Crippen molar-refractivity contribution in [1.29, 1.82) is 0 Å². The SMILES string of the molecule is CC1CC(CN)CN1S(=O)(=O)c1cnc2n1CCC2.Cl. The highest BCUT2D eigenvalue weighted by Gasteiger charge is 2.39. The van der Waals surface area contributed by atoms with E-state index in [4.69, 9.17) is 5.73 Å².